The van der Waals surface area contributed by atoms with Crippen LogP contribution in [0.1, 0.15) is 5.56 Å². The van der Waals surface area contributed by atoms with Gasteiger partial charge in [0.1, 0.15) is 17.6 Å². The van der Waals surface area contributed by atoms with Crippen LogP contribution in [0, 0.1) is 15.9 Å². The van der Waals surface area contributed by atoms with Gasteiger partial charge in [0, 0.05) is 11.8 Å². The summed E-state index contributed by atoms with van der Waals surface area (Å²) in [5.74, 6) is -0.834. The van der Waals surface area contributed by atoms with Crippen LogP contribution >= 0.6 is 39.1 Å². The SMILES string of the molecule is O=[N+]([O-])c1cc(F)cc(Br)c1OCc1cnc(Cl)cc1Cl. The molecule has 110 valence electrons. The molecular weight excluding hydrogens is 390 g/mol. The fourth-order valence-corrected chi connectivity index (χ4v) is 2.47. The maximum absolute atomic E-state index is 13.2. The molecule has 1 aromatic carbocycles. The van der Waals surface area contributed by atoms with Gasteiger partial charge in [-0.3, -0.25) is 10.1 Å². The molecule has 0 saturated heterocycles. The van der Waals surface area contributed by atoms with E-state index >= 15 is 0 Å². The average molecular weight is 396 g/mol. The first-order valence-corrected chi connectivity index (χ1v) is 6.99. The minimum atomic E-state index is -0.743. The van der Waals surface area contributed by atoms with Crippen LogP contribution in [0.3, 0.4) is 0 Å². The van der Waals surface area contributed by atoms with Gasteiger partial charge in [0.2, 0.25) is 5.75 Å². The van der Waals surface area contributed by atoms with E-state index < -0.39 is 16.4 Å². The zero-order valence-electron chi connectivity index (χ0n) is 10.1. The topological polar surface area (TPSA) is 65.3 Å². The maximum Gasteiger partial charge on any atom is 0.315 e. The zero-order valence-corrected chi connectivity index (χ0v) is 13.2. The van der Waals surface area contributed by atoms with Crippen LogP contribution in [-0.4, -0.2) is 9.91 Å². The van der Waals surface area contributed by atoms with Crippen molar-refractivity contribution in [3.05, 3.63) is 60.5 Å². The minimum absolute atomic E-state index is 0.0753. The van der Waals surface area contributed by atoms with Crippen LogP contribution in [0.25, 0.3) is 0 Å². The first kappa shape index (κ1) is 15.9. The highest BCUT2D eigenvalue weighted by Crippen LogP contribution is 2.36. The van der Waals surface area contributed by atoms with Crippen LogP contribution < -0.4 is 4.74 Å². The van der Waals surface area contributed by atoms with Gasteiger partial charge in [-0.25, -0.2) is 9.37 Å². The van der Waals surface area contributed by atoms with Crippen LogP contribution in [0.5, 0.6) is 5.75 Å². The fourth-order valence-electron chi connectivity index (χ4n) is 1.52. The summed E-state index contributed by atoms with van der Waals surface area (Å²) in [5, 5.41) is 11.5. The minimum Gasteiger partial charge on any atom is -0.481 e. The number of nitro benzene ring substituents is 1. The number of hydrogen-bond acceptors (Lipinski definition) is 4. The fraction of sp³-hybridized carbons (Fsp3) is 0.0833. The molecule has 5 nitrogen and oxygen atoms in total. The molecule has 0 amide bonds. The molecular formula is C12H6BrCl2FN2O3. The molecule has 9 heteroatoms. The van der Waals surface area contributed by atoms with Crippen molar-refractivity contribution in [2.24, 2.45) is 0 Å². The van der Waals surface area contributed by atoms with Crippen molar-refractivity contribution in [2.75, 3.05) is 0 Å². The summed E-state index contributed by atoms with van der Waals surface area (Å²) in [6.45, 7) is -0.0753. The molecule has 1 heterocycles. The van der Waals surface area contributed by atoms with Gasteiger partial charge in [-0.1, -0.05) is 23.2 Å². The lowest BCUT2D eigenvalue weighted by atomic mass is 10.2. The van der Waals surface area contributed by atoms with Gasteiger partial charge in [-0.15, -0.1) is 0 Å². The number of hydrogen-bond donors (Lipinski definition) is 0. The van der Waals surface area contributed by atoms with Crippen LogP contribution in [0.2, 0.25) is 10.2 Å². The molecule has 0 N–H and O–H groups in total. The number of aromatic nitrogens is 1. The Balaban J connectivity index is 2.29. The molecule has 0 spiro atoms. The molecule has 0 atom stereocenters. The molecule has 0 saturated carbocycles. The number of benzene rings is 1. The first-order valence-electron chi connectivity index (χ1n) is 5.44. The molecule has 0 radical (unpaired) electrons. The Morgan fingerprint density at radius 2 is 2.10 bits per heavy atom. The molecule has 0 fully saturated rings. The summed E-state index contributed by atoms with van der Waals surface area (Å²) in [6, 6.07) is 3.28. The zero-order chi connectivity index (χ0) is 15.6. The number of nitro groups is 1. The summed E-state index contributed by atoms with van der Waals surface area (Å²) in [4.78, 5) is 14.0. The molecule has 2 aromatic rings. The van der Waals surface area contributed by atoms with E-state index in [2.05, 4.69) is 20.9 Å². The van der Waals surface area contributed by atoms with Crippen LogP contribution in [-0.2, 0) is 6.61 Å². The number of rotatable bonds is 4. The number of ether oxygens (including phenoxy) is 1. The van der Waals surface area contributed by atoms with E-state index in [1.165, 1.54) is 12.3 Å². The van der Waals surface area contributed by atoms with Crippen molar-refractivity contribution < 1.29 is 14.1 Å². The number of halogens is 4. The number of nitrogens with zero attached hydrogens (tertiary/aromatic N) is 2. The predicted molar refractivity (Wildman–Crippen MR) is 79.3 cm³/mol. The molecule has 0 aliphatic rings. The van der Waals surface area contributed by atoms with Gasteiger partial charge in [0.25, 0.3) is 0 Å². The Morgan fingerprint density at radius 3 is 2.71 bits per heavy atom. The number of pyridine rings is 1. The maximum atomic E-state index is 13.2. The van der Waals surface area contributed by atoms with Crippen molar-refractivity contribution >= 4 is 44.8 Å². The van der Waals surface area contributed by atoms with Gasteiger partial charge in [-0.05, 0) is 28.1 Å². The Morgan fingerprint density at radius 1 is 1.38 bits per heavy atom. The van der Waals surface area contributed by atoms with Gasteiger partial charge < -0.3 is 4.74 Å². The van der Waals surface area contributed by atoms with E-state index in [9.17, 15) is 14.5 Å². The van der Waals surface area contributed by atoms with Crippen LogP contribution in [0.4, 0.5) is 10.1 Å². The Kier molecular flexibility index (Phi) is 4.97. The molecule has 0 unspecified atom stereocenters. The molecule has 2 rings (SSSR count). The normalized spacial score (nSPS) is 10.5. The highest BCUT2D eigenvalue weighted by molar-refractivity contribution is 9.10. The van der Waals surface area contributed by atoms with E-state index in [1.807, 2.05) is 0 Å². The second kappa shape index (κ2) is 6.55. The molecule has 0 aliphatic carbocycles. The summed E-state index contributed by atoms with van der Waals surface area (Å²) >= 11 is 14.7. The van der Waals surface area contributed by atoms with E-state index in [1.54, 1.807) is 0 Å². The Hall–Kier alpha value is -1.44. The lowest BCUT2D eigenvalue weighted by molar-refractivity contribution is -0.386. The van der Waals surface area contributed by atoms with Crippen molar-refractivity contribution in [2.45, 2.75) is 6.61 Å². The van der Waals surface area contributed by atoms with Crippen molar-refractivity contribution in [3.63, 3.8) is 0 Å². The van der Waals surface area contributed by atoms with Gasteiger partial charge >= 0.3 is 5.69 Å². The average Bonchev–Trinajstić information content (AvgIpc) is 2.38. The van der Waals surface area contributed by atoms with Crippen molar-refractivity contribution in [1.82, 2.24) is 4.98 Å². The van der Waals surface area contributed by atoms with E-state index in [0.717, 1.165) is 12.1 Å². The van der Waals surface area contributed by atoms with Gasteiger partial charge in [0.15, 0.2) is 0 Å². The summed E-state index contributed by atoms with van der Waals surface area (Å²) in [7, 11) is 0. The van der Waals surface area contributed by atoms with Crippen molar-refractivity contribution in [1.29, 1.82) is 0 Å². The highest BCUT2D eigenvalue weighted by atomic mass is 79.9. The van der Waals surface area contributed by atoms with Crippen LogP contribution in [0.15, 0.2) is 28.9 Å². The summed E-state index contributed by atoms with van der Waals surface area (Å²) in [6.07, 6.45) is 1.40. The standard InChI is InChI=1S/C12H6BrCl2FN2O3/c13-8-1-7(16)2-10(18(19)20)12(8)21-5-6-4-17-11(15)3-9(6)14/h1-4H,5H2. The van der Waals surface area contributed by atoms with Gasteiger partial charge in [0.05, 0.1) is 20.5 Å². The largest absolute Gasteiger partial charge is 0.481 e. The Bertz CT molecular complexity index is 715. The third kappa shape index (κ3) is 3.81. The summed E-state index contributed by atoms with van der Waals surface area (Å²) < 4.78 is 18.7. The predicted octanol–water partition coefficient (Wildman–Crippen LogP) is 4.78. The van der Waals surface area contributed by atoms with E-state index in [-0.39, 0.29) is 22.0 Å². The lowest BCUT2D eigenvalue weighted by Gasteiger charge is -2.10. The second-order valence-corrected chi connectivity index (χ2v) is 5.53. The first-order chi connectivity index (χ1) is 9.88. The highest BCUT2D eigenvalue weighted by Gasteiger charge is 2.21. The molecule has 1 aromatic heterocycles. The van der Waals surface area contributed by atoms with Gasteiger partial charge in [-0.2, -0.15) is 0 Å². The molecule has 21 heavy (non-hydrogen) atoms. The molecule has 0 bridgehead atoms. The third-order valence-corrected chi connectivity index (χ3v) is 3.60. The monoisotopic (exact) mass is 394 g/mol. The smallest absolute Gasteiger partial charge is 0.315 e. The van der Waals surface area contributed by atoms with Crippen molar-refractivity contribution in [3.8, 4) is 5.75 Å². The summed E-state index contributed by atoms with van der Waals surface area (Å²) in [5.41, 5.74) is 0.00603. The van der Waals surface area contributed by atoms with E-state index in [4.69, 9.17) is 27.9 Å². The second-order valence-electron chi connectivity index (χ2n) is 3.88. The lowest BCUT2D eigenvalue weighted by Crippen LogP contribution is -2.01. The Labute approximate surface area is 136 Å². The molecule has 0 aliphatic heterocycles. The third-order valence-electron chi connectivity index (χ3n) is 2.45. The van der Waals surface area contributed by atoms with E-state index in [0.29, 0.717) is 10.6 Å². The quantitative estimate of drug-likeness (QED) is 0.424.